The highest BCUT2D eigenvalue weighted by atomic mass is 32.2. The van der Waals surface area contributed by atoms with E-state index in [4.69, 9.17) is 0 Å². The Hall–Kier alpha value is -2.15. The number of nitrogens with one attached hydrogen (secondary N) is 1. The van der Waals surface area contributed by atoms with Crippen LogP contribution in [0, 0.1) is 10.1 Å². The predicted molar refractivity (Wildman–Crippen MR) is 61.4 cm³/mol. The molecule has 2 aromatic rings. The number of benzene rings is 2. The van der Waals surface area contributed by atoms with E-state index in [2.05, 4.69) is 4.72 Å². The number of hydrogen-bond acceptors (Lipinski definition) is 4. The summed E-state index contributed by atoms with van der Waals surface area (Å²) >= 11 is 0. The Balaban J connectivity index is 2.54. The summed E-state index contributed by atoms with van der Waals surface area (Å²) in [5.74, 6) is 0. The largest absolute Gasteiger partial charge is 0.294 e. The minimum Gasteiger partial charge on any atom is -0.272 e. The molecule has 3 rings (SSSR count). The molecule has 6 nitrogen and oxygen atoms in total. The third-order valence-corrected chi connectivity index (χ3v) is 4.10. The molecule has 7 heteroatoms. The van der Waals surface area contributed by atoms with E-state index in [1.807, 2.05) is 0 Å². The third-order valence-electron chi connectivity index (χ3n) is 2.71. The lowest BCUT2D eigenvalue weighted by molar-refractivity contribution is -0.383. The van der Waals surface area contributed by atoms with Crippen LogP contribution in [-0.4, -0.2) is 13.3 Å². The monoisotopic (exact) mass is 250 g/mol. The lowest BCUT2D eigenvalue weighted by Gasteiger charge is -1.99. The van der Waals surface area contributed by atoms with E-state index in [9.17, 15) is 18.5 Å². The van der Waals surface area contributed by atoms with Crippen molar-refractivity contribution in [3.63, 3.8) is 0 Å². The maximum absolute atomic E-state index is 11.8. The third kappa shape index (κ3) is 1.22. The summed E-state index contributed by atoms with van der Waals surface area (Å²) in [5, 5.41) is 11.9. The van der Waals surface area contributed by atoms with E-state index in [0.717, 1.165) is 0 Å². The Morgan fingerprint density at radius 2 is 1.94 bits per heavy atom. The van der Waals surface area contributed by atoms with Gasteiger partial charge in [-0.2, -0.15) is 0 Å². The molecule has 1 N–H and O–H groups in total. The molecule has 0 radical (unpaired) electrons. The van der Waals surface area contributed by atoms with E-state index >= 15 is 0 Å². The van der Waals surface area contributed by atoms with Crippen LogP contribution in [0.1, 0.15) is 0 Å². The van der Waals surface area contributed by atoms with Crippen LogP contribution in [0.3, 0.4) is 0 Å². The van der Waals surface area contributed by atoms with E-state index < -0.39 is 14.9 Å². The lowest BCUT2D eigenvalue weighted by Crippen LogP contribution is -2.07. The van der Waals surface area contributed by atoms with Gasteiger partial charge in [-0.25, -0.2) is 8.42 Å². The zero-order valence-corrected chi connectivity index (χ0v) is 9.19. The van der Waals surface area contributed by atoms with Crippen molar-refractivity contribution in [1.82, 2.24) is 0 Å². The number of nitrogens with zero attached hydrogens (tertiary/aromatic N) is 1. The summed E-state index contributed by atoms with van der Waals surface area (Å²) in [4.78, 5) is 10.3. The summed E-state index contributed by atoms with van der Waals surface area (Å²) in [6.45, 7) is 0. The first kappa shape index (κ1) is 10.0. The quantitative estimate of drug-likeness (QED) is 0.618. The Labute approximate surface area is 96.1 Å². The van der Waals surface area contributed by atoms with Crippen LogP contribution in [0.5, 0.6) is 0 Å². The van der Waals surface area contributed by atoms with Gasteiger partial charge in [0.05, 0.1) is 9.82 Å². The van der Waals surface area contributed by atoms with Gasteiger partial charge in [0.2, 0.25) is 0 Å². The van der Waals surface area contributed by atoms with Gasteiger partial charge in [-0.05, 0) is 17.5 Å². The standard InChI is InChI=1S/C10H6N2O4S/c13-12(14)7-5-4-6-2-1-3-8-9(6)10(7)11-17(8,15)16/h1-5,11H. The van der Waals surface area contributed by atoms with E-state index in [0.29, 0.717) is 10.8 Å². The van der Waals surface area contributed by atoms with Crippen molar-refractivity contribution < 1.29 is 13.3 Å². The second-order valence-corrected chi connectivity index (χ2v) is 5.33. The van der Waals surface area contributed by atoms with Crippen LogP contribution < -0.4 is 4.72 Å². The average molecular weight is 250 g/mol. The summed E-state index contributed by atoms with van der Waals surface area (Å²) in [5.41, 5.74) is -0.172. The minimum absolute atomic E-state index is 0.0584. The Morgan fingerprint density at radius 3 is 2.65 bits per heavy atom. The SMILES string of the molecule is O=[N+]([O-])c1ccc2cccc3c2c1NS3(=O)=O. The van der Waals surface area contributed by atoms with E-state index in [1.165, 1.54) is 12.1 Å². The van der Waals surface area contributed by atoms with Gasteiger partial charge in [0, 0.05) is 11.5 Å². The molecular formula is C10H6N2O4S. The molecule has 1 aliphatic heterocycles. The van der Waals surface area contributed by atoms with Crippen molar-refractivity contribution in [2.75, 3.05) is 4.72 Å². The first-order valence-corrected chi connectivity index (χ1v) is 6.22. The van der Waals surface area contributed by atoms with Crippen molar-refractivity contribution in [1.29, 1.82) is 0 Å². The smallest absolute Gasteiger partial charge is 0.272 e. The molecule has 0 aliphatic carbocycles. The fourth-order valence-electron chi connectivity index (χ4n) is 2.00. The van der Waals surface area contributed by atoms with Crippen molar-refractivity contribution >= 4 is 32.2 Å². The van der Waals surface area contributed by atoms with Gasteiger partial charge in [0.25, 0.3) is 15.7 Å². The van der Waals surface area contributed by atoms with Crippen molar-refractivity contribution in [2.45, 2.75) is 4.90 Å². The Bertz CT molecular complexity index is 767. The number of rotatable bonds is 1. The van der Waals surface area contributed by atoms with Crippen LogP contribution in [0.15, 0.2) is 35.2 Å². The maximum Gasteiger partial charge on any atom is 0.294 e. The Morgan fingerprint density at radius 1 is 1.18 bits per heavy atom. The van der Waals surface area contributed by atoms with Crippen LogP contribution in [0.2, 0.25) is 0 Å². The normalized spacial score (nSPS) is 15.8. The highest BCUT2D eigenvalue weighted by Crippen LogP contribution is 2.42. The number of nitro groups is 1. The number of sulfonamides is 1. The van der Waals surface area contributed by atoms with Crippen molar-refractivity contribution in [2.24, 2.45) is 0 Å². The molecule has 2 aromatic carbocycles. The molecule has 0 bridgehead atoms. The molecule has 0 saturated heterocycles. The summed E-state index contributed by atoms with van der Waals surface area (Å²) in [6, 6.07) is 7.61. The van der Waals surface area contributed by atoms with Gasteiger partial charge < -0.3 is 0 Å². The summed E-state index contributed by atoms with van der Waals surface area (Å²) in [7, 11) is -3.67. The number of anilines is 1. The first-order chi connectivity index (χ1) is 8.00. The van der Waals surface area contributed by atoms with Gasteiger partial charge in [-0.1, -0.05) is 12.1 Å². The van der Waals surface area contributed by atoms with Gasteiger partial charge in [-0.3, -0.25) is 14.8 Å². The van der Waals surface area contributed by atoms with Crippen LogP contribution >= 0.6 is 0 Å². The average Bonchev–Trinajstić information content (AvgIpc) is 2.53. The van der Waals surface area contributed by atoms with Crippen LogP contribution in [0.4, 0.5) is 11.4 Å². The number of nitro benzene ring substituents is 1. The van der Waals surface area contributed by atoms with Crippen molar-refractivity contribution in [3.05, 3.63) is 40.4 Å². The predicted octanol–water partition coefficient (Wildman–Crippen LogP) is 1.86. The zero-order chi connectivity index (χ0) is 12.2. The molecular weight excluding hydrogens is 244 g/mol. The van der Waals surface area contributed by atoms with Gasteiger partial charge >= 0.3 is 0 Å². The summed E-state index contributed by atoms with van der Waals surface area (Å²) < 4.78 is 25.8. The number of hydrogen-bond donors (Lipinski definition) is 1. The highest BCUT2D eigenvalue weighted by molar-refractivity contribution is 7.93. The fourth-order valence-corrected chi connectivity index (χ4v) is 3.34. The van der Waals surface area contributed by atoms with E-state index in [-0.39, 0.29) is 16.3 Å². The summed E-state index contributed by atoms with van der Waals surface area (Å²) in [6.07, 6.45) is 0. The molecule has 1 heterocycles. The maximum atomic E-state index is 11.8. The fraction of sp³-hybridized carbons (Fsp3) is 0. The second-order valence-electron chi connectivity index (χ2n) is 3.68. The topological polar surface area (TPSA) is 89.3 Å². The zero-order valence-electron chi connectivity index (χ0n) is 8.38. The molecule has 0 atom stereocenters. The molecule has 0 fully saturated rings. The van der Waals surface area contributed by atoms with Gasteiger partial charge in [0.15, 0.2) is 0 Å². The molecule has 0 saturated carbocycles. The first-order valence-electron chi connectivity index (χ1n) is 4.74. The lowest BCUT2D eigenvalue weighted by atomic mass is 10.1. The molecule has 17 heavy (non-hydrogen) atoms. The molecule has 0 aromatic heterocycles. The van der Waals surface area contributed by atoms with Crippen LogP contribution in [0.25, 0.3) is 10.8 Å². The molecule has 1 aliphatic rings. The Kier molecular flexibility index (Phi) is 1.74. The van der Waals surface area contributed by atoms with Gasteiger partial charge in [-0.15, -0.1) is 0 Å². The molecule has 86 valence electrons. The van der Waals surface area contributed by atoms with Crippen LogP contribution in [-0.2, 0) is 10.0 Å². The molecule has 0 amide bonds. The highest BCUT2D eigenvalue weighted by Gasteiger charge is 2.32. The molecule has 0 unspecified atom stereocenters. The van der Waals surface area contributed by atoms with Gasteiger partial charge in [0.1, 0.15) is 5.69 Å². The van der Waals surface area contributed by atoms with Crippen molar-refractivity contribution in [3.8, 4) is 0 Å². The minimum atomic E-state index is -3.67. The molecule has 0 spiro atoms. The van der Waals surface area contributed by atoms with E-state index in [1.54, 1.807) is 18.2 Å². The second kappa shape index (κ2) is 2.95.